The van der Waals surface area contributed by atoms with Gasteiger partial charge >= 0.3 is 6.09 Å². The van der Waals surface area contributed by atoms with Crippen LogP contribution in [0, 0.1) is 6.92 Å². The fourth-order valence-electron chi connectivity index (χ4n) is 2.64. The van der Waals surface area contributed by atoms with Crippen LogP contribution in [0.15, 0.2) is 5.16 Å². The Morgan fingerprint density at radius 1 is 1.57 bits per heavy atom. The molecule has 0 unspecified atom stereocenters. The number of hydrogen-bond acceptors (Lipinski definition) is 6. The van der Waals surface area contributed by atoms with Gasteiger partial charge in [0.2, 0.25) is 11.1 Å². The maximum absolute atomic E-state index is 12.3. The van der Waals surface area contributed by atoms with E-state index in [0.29, 0.717) is 24.8 Å². The van der Waals surface area contributed by atoms with Crippen LogP contribution in [0.2, 0.25) is 0 Å². The zero-order chi connectivity index (χ0) is 14.9. The number of piperidine rings is 1. The summed E-state index contributed by atoms with van der Waals surface area (Å²) in [4.78, 5) is 29.4. The van der Waals surface area contributed by atoms with Gasteiger partial charge in [0.25, 0.3) is 0 Å². The standard InChI is InChI=1S/C12H17N5O3S/c1-8-14-10(16-15-8)21-5-9(18)17-4-2-3-12(7-17)6-13-11(19)20-12/h2-7H2,1H3,(H,13,19)(H,14,15,16)/t12-/m1/s1. The summed E-state index contributed by atoms with van der Waals surface area (Å²) in [6.07, 6.45) is 1.24. The highest BCUT2D eigenvalue weighted by Gasteiger charge is 2.44. The second-order valence-corrected chi connectivity index (χ2v) is 6.28. The van der Waals surface area contributed by atoms with Gasteiger partial charge in [-0.2, -0.15) is 0 Å². The highest BCUT2D eigenvalue weighted by atomic mass is 32.2. The molecule has 2 aliphatic rings. The van der Waals surface area contributed by atoms with E-state index < -0.39 is 11.7 Å². The molecular weight excluding hydrogens is 294 g/mol. The molecular formula is C12H17N5O3S. The second kappa shape index (κ2) is 5.55. The smallest absolute Gasteiger partial charge is 0.407 e. The molecule has 3 rings (SSSR count). The molecule has 0 bridgehead atoms. The minimum atomic E-state index is -0.545. The highest BCUT2D eigenvalue weighted by Crippen LogP contribution is 2.28. The van der Waals surface area contributed by atoms with Gasteiger partial charge < -0.3 is 15.0 Å². The minimum absolute atomic E-state index is 0.0180. The summed E-state index contributed by atoms with van der Waals surface area (Å²) in [5.41, 5.74) is -0.545. The number of ether oxygens (including phenoxy) is 1. The van der Waals surface area contributed by atoms with E-state index in [9.17, 15) is 9.59 Å². The molecule has 2 saturated heterocycles. The molecule has 1 aromatic rings. The first-order chi connectivity index (χ1) is 10.1. The number of rotatable bonds is 3. The molecule has 21 heavy (non-hydrogen) atoms. The molecule has 2 amide bonds. The number of nitrogens with one attached hydrogen (secondary N) is 2. The van der Waals surface area contributed by atoms with Crippen LogP contribution in [-0.4, -0.2) is 63.1 Å². The van der Waals surface area contributed by atoms with Gasteiger partial charge in [0.15, 0.2) is 0 Å². The number of aryl methyl sites for hydroxylation is 1. The fourth-order valence-corrected chi connectivity index (χ4v) is 3.39. The van der Waals surface area contributed by atoms with Gasteiger partial charge in [-0.05, 0) is 19.8 Å². The van der Waals surface area contributed by atoms with Crippen LogP contribution >= 0.6 is 11.8 Å². The van der Waals surface area contributed by atoms with Crippen molar-refractivity contribution in [3.05, 3.63) is 5.82 Å². The lowest BCUT2D eigenvalue weighted by Gasteiger charge is -2.38. The first kappa shape index (κ1) is 14.2. The summed E-state index contributed by atoms with van der Waals surface area (Å²) in [5.74, 6) is 1.03. The van der Waals surface area contributed by atoms with E-state index in [1.807, 2.05) is 6.92 Å². The molecule has 1 atom stereocenters. The predicted octanol–water partition coefficient (Wildman–Crippen LogP) is 0.306. The van der Waals surface area contributed by atoms with Crippen molar-refractivity contribution in [3.8, 4) is 0 Å². The molecule has 9 heteroatoms. The number of nitrogens with zero attached hydrogens (tertiary/aromatic N) is 3. The van der Waals surface area contributed by atoms with Crippen LogP contribution in [-0.2, 0) is 9.53 Å². The number of aromatic nitrogens is 3. The summed E-state index contributed by atoms with van der Waals surface area (Å²) < 4.78 is 5.36. The number of alkyl carbamates (subject to hydrolysis) is 1. The molecule has 0 aromatic carbocycles. The van der Waals surface area contributed by atoms with Crippen molar-refractivity contribution in [2.75, 3.05) is 25.4 Å². The zero-order valence-electron chi connectivity index (χ0n) is 11.7. The normalized spacial score (nSPS) is 25.0. The maximum atomic E-state index is 12.3. The van der Waals surface area contributed by atoms with Gasteiger partial charge in [0.1, 0.15) is 11.4 Å². The number of carbonyl (C=O) groups is 2. The molecule has 0 radical (unpaired) electrons. The van der Waals surface area contributed by atoms with Crippen LogP contribution in [0.3, 0.4) is 0 Å². The van der Waals surface area contributed by atoms with Crippen molar-refractivity contribution in [1.29, 1.82) is 0 Å². The van der Waals surface area contributed by atoms with Gasteiger partial charge in [0, 0.05) is 6.54 Å². The van der Waals surface area contributed by atoms with Crippen molar-refractivity contribution in [2.24, 2.45) is 0 Å². The first-order valence-electron chi connectivity index (χ1n) is 6.83. The minimum Gasteiger partial charge on any atom is -0.439 e. The topological polar surface area (TPSA) is 100 Å². The monoisotopic (exact) mass is 311 g/mol. The van der Waals surface area contributed by atoms with Gasteiger partial charge in [-0.25, -0.2) is 9.78 Å². The Hall–Kier alpha value is -1.77. The number of H-pyrrole nitrogens is 1. The van der Waals surface area contributed by atoms with E-state index in [1.54, 1.807) is 4.90 Å². The predicted molar refractivity (Wildman–Crippen MR) is 74.9 cm³/mol. The Kier molecular flexibility index (Phi) is 3.75. The van der Waals surface area contributed by atoms with Crippen LogP contribution in [0.1, 0.15) is 18.7 Å². The van der Waals surface area contributed by atoms with Crippen LogP contribution in [0.4, 0.5) is 4.79 Å². The summed E-state index contributed by atoms with van der Waals surface area (Å²) in [6.45, 7) is 3.45. The van der Waals surface area contributed by atoms with Gasteiger partial charge in [-0.15, -0.1) is 5.10 Å². The number of carbonyl (C=O) groups excluding carboxylic acids is 2. The third-order valence-corrected chi connectivity index (χ3v) is 4.49. The van der Waals surface area contributed by atoms with Crippen molar-refractivity contribution >= 4 is 23.8 Å². The molecule has 0 saturated carbocycles. The van der Waals surface area contributed by atoms with E-state index in [1.165, 1.54) is 11.8 Å². The van der Waals surface area contributed by atoms with Crippen LogP contribution < -0.4 is 5.32 Å². The lowest BCUT2D eigenvalue weighted by atomic mass is 9.93. The molecule has 2 aliphatic heterocycles. The average Bonchev–Trinajstić information content (AvgIpc) is 3.03. The van der Waals surface area contributed by atoms with Crippen LogP contribution in [0.25, 0.3) is 0 Å². The Bertz CT molecular complexity index is 563. The van der Waals surface area contributed by atoms with E-state index in [0.717, 1.165) is 18.7 Å². The molecule has 1 spiro atoms. The summed E-state index contributed by atoms with van der Waals surface area (Å²) in [7, 11) is 0. The third-order valence-electron chi connectivity index (χ3n) is 3.66. The van der Waals surface area contributed by atoms with E-state index in [4.69, 9.17) is 4.74 Å². The van der Waals surface area contributed by atoms with Crippen LogP contribution in [0.5, 0.6) is 0 Å². The number of aromatic amines is 1. The molecule has 8 nitrogen and oxygen atoms in total. The quantitative estimate of drug-likeness (QED) is 0.779. The molecule has 2 fully saturated rings. The molecule has 2 N–H and O–H groups in total. The number of thioether (sulfide) groups is 1. The van der Waals surface area contributed by atoms with E-state index >= 15 is 0 Å². The summed E-state index contributed by atoms with van der Waals surface area (Å²) in [5, 5.41) is 9.98. The Morgan fingerprint density at radius 3 is 3.10 bits per heavy atom. The van der Waals surface area contributed by atoms with E-state index in [2.05, 4.69) is 20.5 Å². The summed E-state index contributed by atoms with van der Waals surface area (Å²) in [6, 6.07) is 0. The number of likely N-dealkylation sites (tertiary alicyclic amines) is 1. The van der Waals surface area contributed by atoms with Gasteiger partial charge in [-0.3, -0.25) is 9.89 Å². The number of hydrogen-bond donors (Lipinski definition) is 2. The second-order valence-electron chi connectivity index (χ2n) is 5.34. The Balaban J connectivity index is 1.56. The zero-order valence-corrected chi connectivity index (χ0v) is 12.5. The molecule has 0 aliphatic carbocycles. The van der Waals surface area contributed by atoms with E-state index in [-0.39, 0.29) is 11.7 Å². The van der Waals surface area contributed by atoms with Crippen molar-refractivity contribution < 1.29 is 14.3 Å². The van der Waals surface area contributed by atoms with Crippen molar-refractivity contribution in [2.45, 2.75) is 30.5 Å². The fraction of sp³-hybridized carbons (Fsp3) is 0.667. The lowest BCUT2D eigenvalue weighted by Crippen LogP contribution is -2.52. The number of amides is 2. The molecule has 114 valence electrons. The molecule has 1 aromatic heterocycles. The highest BCUT2D eigenvalue weighted by molar-refractivity contribution is 7.99. The Morgan fingerprint density at radius 2 is 2.43 bits per heavy atom. The third kappa shape index (κ3) is 3.12. The SMILES string of the molecule is Cc1nc(SCC(=O)N2CCC[C@@]3(CNC(=O)O3)C2)n[nH]1. The lowest BCUT2D eigenvalue weighted by molar-refractivity contribution is -0.133. The summed E-state index contributed by atoms with van der Waals surface area (Å²) >= 11 is 1.31. The largest absolute Gasteiger partial charge is 0.439 e. The van der Waals surface area contributed by atoms with Crippen molar-refractivity contribution in [3.63, 3.8) is 0 Å². The first-order valence-corrected chi connectivity index (χ1v) is 7.81. The van der Waals surface area contributed by atoms with Crippen molar-refractivity contribution in [1.82, 2.24) is 25.4 Å². The van der Waals surface area contributed by atoms with Gasteiger partial charge in [0.05, 0.1) is 18.8 Å². The van der Waals surface area contributed by atoms with Gasteiger partial charge in [-0.1, -0.05) is 11.8 Å². The molecule has 3 heterocycles. The average molecular weight is 311 g/mol. The Labute approximate surface area is 126 Å². The maximum Gasteiger partial charge on any atom is 0.407 e.